The molecule has 0 aliphatic rings. The number of hydrogen-bond donors (Lipinski definition) is 0. The minimum atomic E-state index is -0.181. The van der Waals surface area contributed by atoms with E-state index in [4.69, 9.17) is 0 Å². The maximum atomic E-state index is 12.8. The van der Waals surface area contributed by atoms with Crippen LogP contribution >= 0.6 is 11.3 Å². The predicted octanol–water partition coefficient (Wildman–Crippen LogP) is 1.77. The first-order chi connectivity index (χ1) is 4.79. The number of aromatic nitrogens is 2. The number of aryl methyl sites for hydroxylation is 1. The highest BCUT2D eigenvalue weighted by molar-refractivity contribution is 7.16. The molecule has 0 amide bonds. The third kappa shape index (κ3) is 0.593. The molecule has 0 aliphatic carbocycles. The first-order valence-corrected chi connectivity index (χ1v) is 3.71. The Bertz CT molecular complexity index is 331. The quantitative estimate of drug-likeness (QED) is 0.568. The molecular formula is C6H5FN2S. The van der Waals surface area contributed by atoms with E-state index in [0.29, 0.717) is 5.52 Å². The van der Waals surface area contributed by atoms with Gasteiger partial charge in [0, 0.05) is 12.4 Å². The van der Waals surface area contributed by atoms with Crippen molar-refractivity contribution in [2.75, 3.05) is 0 Å². The number of imidazole rings is 1. The zero-order valence-corrected chi connectivity index (χ0v) is 6.15. The fourth-order valence-electron chi connectivity index (χ4n) is 0.929. The van der Waals surface area contributed by atoms with Crippen molar-refractivity contribution in [2.24, 2.45) is 7.05 Å². The van der Waals surface area contributed by atoms with Gasteiger partial charge in [0.25, 0.3) is 0 Å². The van der Waals surface area contributed by atoms with Gasteiger partial charge >= 0.3 is 0 Å². The topological polar surface area (TPSA) is 17.8 Å². The third-order valence-electron chi connectivity index (χ3n) is 1.40. The van der Waals surface area contributed by atoms with Crippen LogP contribution in [0.5, 0.6) is 0 Å². The molecule has 0 aromatic carbocycles. The monoisotopic (exact) mass is 156 g/mol. The number of halogens is 1. The van der Waals surface area contributed by atoms with Crippen LogP contribution in [0.3, 0.4) is 0 Å². The summed E-state index contributed by atoms with van der Waals surface area (Å²) in [5.74, 6) is -0.181. The van der Waals surface area contributed by atoms with E-state index in [1.165, 1.54) is 16.7 Å². The molecule has 0 radical (unpaired) electrons. The smallest absolute Gasteiger partial charge is 0.159 e. The highest BCUT2D eigenvalue weighted by atomic mass is 32.1. The van der Waals surface area contributed by atoms with Crippen LogP contribution in [0.2, 0.25) is 0 Å². The van der Waals surface area contributed by atoms with Gasteiger partial charge in [-0.2, -0.15) is 0 Å². The highest BCUT2D eigenvalue weighted by Gasteiger charge is 2.06. The van der Waals surface area contributed by atoms with Crippen LogP contribution in [0.4, 0.5) is 4.39 Å². The minimum absolute atomic E-state index is 0.181. The first kappa shape index (κ1) is 5.85. The summed E-state index contributed by atoms with van der Waals surface area (Å²) in [6.45, 7) is 0. The van der Waals surface area contributed by atoms with Gasteiger partial charge in [0.1, 0.15) is 10.3 Å². The summed E-state index contributed by atoms with van der Waals surface area (Å²) in [6, 6.07) is 0. The Labute approximate surface area is 60.9 Å². The number of rotatable bonds is 0. The molecule has 2 aromatic heterocycles. The van der Waals surface area contributed by atoms with Crippen molar-refractivity contribution < 1.29 is 4.39 Å². The van der Waals surface area contributed by atoms with Gasteiger partial charge < -0.3 is 4.57 Å². The lowest BCUT2D eigenvalue weighted by Crippen LogP contribution is -1.83. The summed E-state index contributed by atoms with van der Waals surface area (Å²) >= 11 is 1.33. The van der Waals surface area contributed by atoms with Gasteiger partial charge in [0.05, 0.1) is 6.33 Å². The zero-order chi connectivity index (χ0) is 7.14. The highest BCUT2D eigenvalue weighted by Crippen LogP contribution is 2.21. The van der Waals surface area contributed by atoms with E-state index >= 15 is 0 Å². The zero-order valence-electron chi connectivity index (χ0n) is 5.34. The molecule has 0 saturated heterocycles. The summed E-state index contributed by atoms with van der Waals surface area (Å²) in [5.41, 5.74) is 0.602. The molecule has 52 valence electrons. The van der Waals surface area contributed by atoms with Crippen LogP contribution in [-0.2, 0) is 7.05 Å². The van der Waals surface area contributed by atoms with Gasteiger partial charge in [-0.05, 0) is 0 Å². The SMILES string of the molecule is Cn1cnc2scc(F)c21. The van der Waals surface area contributed by atoms with Gasteiger partial charge in [0.15, 0.2) is 5.82 Å². The van der Waals surface area contributed by atoms with E-state index in [9.17, 15) is 4.39 Å². The molecule has 2 heterocycles. The lowest BCUT2D eigenvalue weighted by atomic mass is 10.5. The molecule has 0 fully saturated rings. The maximum Gasteiger partial charge on any atom is 0.159 e. The normalized spacial score (nSPS) is 11.0. The largest absolute Gasteiger partial charge is 0.331 e. The second-order valence-corrected chi connectivity index (χ2v) is 2.95. The number of hydrogen-bond acceptors (Lipinski definition) is 2. The fraction of sp³-hybridized carbons (Fsp3) is 0.167. The Morgan fingerprint density at radius 1 is 1.70 bits per heavy atom. The molecule has 4 heteroatoms. The second-order valence-electron chi connectivity index (χ2n) is 2.09. The lowest BCUT2D eigenvalue weighted by Gasteiger charge is -1.86. The summed E-state index contributed by atoms with van der Waals surface area (Å²) in [4.78, 5) is 4.74. The van der Waals surface area contributed by atoms with Gasteiger partial charge in [0.2, 0.25) is 0 Å². The maximum absolute atomic E-state index is 12.8. The molecule has 0 spiro atoms. The molecule has 2 nitrogen and oxygen atoms in total. The fourth-order valence-corrected chi connectivity index (χ4v) is 1.72. The van der Waals surface area contributed by atoms with Gasteiger partial charge in [-0.15, -0.1) is 11.3 Å². The van der Waals surface area contributed by atoms with Gasteiger partial charge in [-0.1, -0.05) is 0 Å². The molecule has 0 bridgehead atoms. The van der Waals surface area contributed by atoms with Crippen molar-refractivity contribution in [3.05, 3.63) is 17.5 Å². The third-order valence-corrected chi connectivity index (χ3v) is 2.25. The number of thiophene rings is 1. The Morgan fingerprint density at radius 3 is 3.20 bits per heavy atom. The van der Waals surface area contributed by atoms with Crippen molar-refractivity contribution in [1.82, 2.24) is 9.55 Å². The minimum Gasteiger partial charge on any atom is -0.331 e. The van der Waals surface area contributed by atoms with Gasteiger partial charge in [-0.25, -0.2) is 9.37 Å². The number of fused-ring (bicyclic) bond motifs is 1. The Balaban J connectivity index is 2.98. The summed E-state index contributed by atoms with van der Waals surface area (Å²) < 4.78 is 14.5. The standard InChI is InChI=1S/C6H5FN2S/c1-9-3-8-6-5(9)4(7)2-10-6/h2-3H,1H3. The lowest BCUT2D eigenvalue weighted by molar-refractivity contribution is 0.636. The average molecular weight is 156 g/mol. The van der Waals surface area contributed by atoms with E-state index in [-0.39, 0.29) is 5.82 Å². The molecule has 2 rings (SSSR count). The average Bonchev–Trinajstić information content (AvgIpc) is 2.40. The summed E-state index contributed by atoms with van der Waals surface area (Å²) in [6.07, 6.45) is 1.62. The van der Waals surface area contributed by atoms with Crippen molar-refractivity contribution >= 4 is 21.7 Å². The van der Waals surface area contributed by atoms with Crippen molar-refractivity contribution in [2.45, 2.75) is 0 Å². The Morgan fingerprint density at radius 2 is 2.50 bits per heavy atom. The van der Waals surface area contributed by atoms with Crippen LogP contribution in [0.15, 0.2) is 11.7 Å². The van der Waals surface area contributed by atoms with Crippen molar-refractivity contribution in [1.29, 1.82) is 0 Å². The Hall–Kier alpha value is -0.900. The van der Waals surface area contributed by atoms with Crippen LogP contribution in [0.25, 0.3) is 10.3 Å². The van der Waals surface area contributed by atoms with Gasteiger partial charge in [-0.3, -0.25) is 0 Å². The molecule has 0 saturated carbocycles. The van der Waals surface area contributed by atoms with E-state index in [2.05, 4.69) is 4.98 Å². The summed E-state index contributed by atoms with van der Waals surface area (Å²) in [5, 5.41) is 1.47. The van der Waals surface area contributed by atoms with Crippen LogP contribution < -0.4 is 0 Å². The molecule has 0 N–H and O–H groups in total. The van der Waals surface area contributed by atoms with Crippen LogP contribution in [-0.4, -0.2) is 9.55 Å². The Kier molecular flexibility index (Phi) is 1.05. The van der Waals surface area contributed by atoms with Crippen LogP contribution in [0, 0.1) is 5.82 Å². The molecular weight excluding hydrogens is 151 g/mol. The molecule has 0 unspecified atom stereocenters. The molecule has 0 aliphatic heterocycles. The van der Waals surface area contributed by atoms with Crippen molar-refractivity contribution in [3.63, 3.8) is 0 Å². The molecule has 0 atom stereocenters. The van der Waals surface area contributed by atoms with Crippen LogP contribution in [0.1, 0.15) is 0 Å². The molecule has 2 aromatic rings. The van der Waals surface area contributed by atoms with E-state index < -0.39 is 0 Å². The first-order valence-electron chi connectivity index (χ1n) is 2.83. The van der Waals surface area contributed by atoms with Crippen molar-refractivity contribution in [3.8, 4) is 0 Å². The van der Waals surface area contributed by atoms with E-state index in [1.54, 1.807) is 17.9 Å². The number of nitrogens with zero attached hydrogens (tertiary/aromatic N) is 2. The molecule has 10 heavy (non-hydrogen) atoms. The van der Waals surface area contributed by atoms with E-state index in [1.807, 2.05) is 0 Å². The second kappa shape index (κ2) is 1.79. The predicted molar refractivity (Wildman–Crippen MR) is 38.5 cm³/mol. The van der Waals surface area contributed by atoms with E-state index in [0.717, 1.165) is 4.83 Å². The summed E-state index contributed by atoms with van der Waals surface area (Å²) in [7, 11) is 1.78.